The Labute approximate surface area is 216 Å². The van der Waals surface area contributed by atoms with Crippen molar-refractivity contribution in [2.45, 2.75) is 0 Å². The lowest BCUT2D eigenvalue weighted by Gasteiger charge is -2.13. The average Bonchev–Trinajstić information content (AvgIpc) is 3.36. The number of halogens is 1. The second-order valence-corrected chi connectivity index (χ2v) is 9.36. The Morgan fingerprint density at radius 1 is 1.06 bits per heavy atom. The molecule has 0 saturated carbocycles. The van der Waals surface area contributed by atoms with Crippen LogP contribution in [-0.4, -0.2) is 51.4 Å². The highest BCUT2D eigenvalue weighted by molar-refractivity contribution is 7.14. The first kappa shape index (κ1) is 23.7. The zero-order valence-corrected chi connectivity index (χ0v) is 21.0. The molecule has 3 heterocycles. The zero-order valence-electron chi connectivity index (χ0n) is 19.5. The number of carbonyl (C=O) groups excluding carboxylic acids is 1. The lowest BCUT2D eigenvalue weighted by molar-refractivity contribution is -0.130. The van der Waals surface area contributed by atoms with Gasteiger partial charge in [0.05, 0.1) is 11.2 Å². The molecule has 0 unspecified atom stereocenters. The van der Waals surface area contributed by atoms with Crippen molar-refractivity contribution >= 4 is 50.7 Å². The van der Waals surface area contributed by atoms with E-state index in [-0.39, 0.29) is 12.5 Å². The number of ether oxygens (including phenoxy) is 1. The summed E-state index contributed by atoms with van der Waals surface area (Å²) in [6, 6.07) is 16.7. The van der Waals surface area contributed by atoms with Crippen LogP contribution in [0, 0.1) is 0 Å². The number of rotatable bonds is 7. The number of amides is 1. The SMILES string of the molecule is CN(C)C(=O)COc1ccc2nc(-c3cccnc3)nc(Nc3nc(-c4ccc(Cl)cc4)cs3)c2c1. The fourth-order valence-electron chi connectivity index (χ4n) is 3.38. The van der Waals surface area contributed by atoms with E-state index in [1.165, 1.54) is 16.2 Å². The lowest BCUT2D eigenvalue weighted by Crippen LogP contribution is -2.27. The van der Waals surface area contributed by atoms with E-state index in [1.54, 1.807) is 32.6 Å². The van der Waals surface area contributed by atoms with Gasteiger partial charge in [0.1, 0.15) is 11.6 Å². The van der Waals surface area contributed by atoms with Crippen molar-refractivity contribution in [2.75, 3.05) is 26.0 Å². The molecule has 0 bridgehead atoms. The molecule has 0 fully saturated rings. The van der Waals surface area contributed by atoms with Crippen LogP contribution in [0.15, 0.2) is 72.4 Å². The number of hydrogen-bond donors (Lipinski definition) is 1. The van der Waals surface area contributed by atoms with E-state index in [0.29, 0.717) is 33.1 Å². The topological polar surface area (TPSA) is 93.1 Å². The summed E-state index contributed by atoms with van der Waals surface area (Å²) in [6.45, 7) is -0.0627. The molecule has 10 heteroatoms. The van der Waals surface area contributed by atoms with Crippen LogP contribution in [0.25, 0.3) is 33.5 Å². The van der Waals surface area contributed by atoms with Gasteiger partial charge in [-0.2, -0.15) is 0 Å². The van der Waals surface area contributed by atoms with Crippen molar-refractivity contribution in [2.24, 2.45) is 0 Å². The molecule has 0 radical (unpaired) electrons. The molecule has 0 aliphatic rings. The number of carbonyl (C=O) groups is 1. The molecule has 0 spiro atoms. The summed E-state index contributed by atoms with van der Waals surface area (Å²) >= 11 is 7.49. The third-order valence-electron chi connectivity index (χ3n) is 5.32. The minimum absolute atomic E-state index is 0.0627. The van der Waals surface area contributed by atoms with Crippen molar-refractivity contribution in [3.05, 3.63) is 77.4 Å². The number of pyridine rings is 1. The maximum Gasteiger partial charge on any atom is 0.259 e. The molecular formula is C26H21ClN6O2S. The van der Waals surface area contributed by atoms with E-state index in [0.717, 1.165) is 22.2 Å². The molecule has 3 aromatic heterocycles. The van der Waals surface area contributed by atoms with Gasteiger partial charge in [-0.3, -0.25) is 9.78 Å². The van der Waals surface area contributed by atoms with Crippen LogP contribution >= 0.6 is 22.9 Å². The smallest absolute Gasteiger partial charge is 0.259 e. The molecule has 5 aromatic rings. The summed E-state index contributed by atoms with van der Waals surface area (Å²) in [5, 5.41) is 7.40. The molecule has 0 saturated heterocycles. The number of nitrogens with one attached hydrogen (secondary N) is 1. The summed E-state index contributed by atoms with van der Waals surface area (Å²) in [7, 11) is 3.38. The van der Waals surface area contributed by atoms with Crippen LogP contribution in [0.2, 0.25) is 5.02 Å². The fourth-order valence-corrected chi connectivity index (χ4v) is 4.22. The van der Waals surface area contributed by atoms with Crippen LogP contribution in [-0.2, 0) is 4.79 Å². The van der Waals surface area contributed by atoms with Gasteiger partial charge < -0.3 is 15.0 Å². The number of nitrogens with zero attached hydrogens (tertiary/aromatic N) is 5. The van der Waals surface area contributed by atoms with E-state index in [1.807, 2.05) is 53.9 Å². The first-order chi connectivity index (χ1) is 17.5. The highest BCUT2D eigenvalue weighted by Crippen LogP contribution is 2.32. The van der Waals surface area contributed by atoms with Crippen LogP contribution in [0.5, 0.6) is 5.75 Å². The van der Waals surface area contributed by atoms with Crippen molar-refractivity contribution in [3.63, 3.8) is 0 Å². The Hall–Kier alpha value is -4.08. The predicted octanol–water partition coefficient (Wildman–Crippen LogP) is 5.68. The van der Waals surface area contributed by atoms with E-state index < -0.39 is 0 Å². The molecule has 0 aliphatic heterocycles. The second-order valence-electron chi connectivity index (χ2n) is 8.06. The second kappa shape index (κ2) is 10.3. The monoisotopic (exact) mass is 516 g/mol. The van der Waals surface area contributed by atoms with Crippen LogP contribution in [0.1, 0.15) is 0 Å². The number of fused-ring (bicyclic) bond motifs is 1. The maximum absolute atomic E-state index is 12.0. The Kier molecular flexibility index (Phi) is 6.75. The highest BCUT2D eigenvalue weighted by atomic mass is 35.5. The standard InChI is InChI=1S/C26H21ClN6O2S/c1-33(2)23(34)14-35-19-9-10-21-20(12-19)25(31-24(29-21)17-4-3-11-28-13-17)32-26-30-22(15-36-26)16-5-7-18(27)8-6-16/h3-13,15H,14H2,1-2H3,(H,29,30,31,32). The number of likely N-dealkylation sites (N-methyl/N-ethyl adjacent to an activating group) is 1. The number of aromatic nitrogens is 4. The average molecular weight is 517 g/mol. The summed E-state index contributed by atoms with van der Waals surface area (Å²) in [4.78, 5) is 31.9. The Morgan fingerprint density at radius 3 is 2.64 bits per heavy atom. The van der Waals surface area contributed by atoms with Gasteiger partial charge in [-0.25, -0.2) is 15.0 Å². The first-order valence-electron chi connectivity index (χ1n) is 11.0. The molecule has 8 nitrogen and oxygen atoms in total. The zero-order chi connectivity index (χ0) is 25.1. The number of anilines is 2. The van der Waals surface area contributed by atoms with Gasteiger partial charge >= 0.3 is 0 Å². The molecule has 5 rings (SSSR count). The Morgan fingerprint density at radius 2 is 1.89 bits per heavy atom. The molecular weight excluding hydrogens is 496 g/mol. The first-order valence-corrected chi connectivity index (χ1v) is 12.3. The quantitative estimate of drug-likeness (QED) is 0.297. The summed E-state index contributed by atoms with van der Waals surface area (Å²) in [5.41, 5.74) is 3.30. The summed E-state index contributed by atoms with van der Waals surface area (Å²) < 4.78 is 5.72. The number of thiazole rings is 1. The summed E-state index contributed by atoms with van der Waals surface area (Å²) in [5.74, 6) is 1.51. The fraction of sp³-hybridized carbons (Fsp3) is 0.115. The summed E-state index contributed by atoms with van der Waals surface area (Å²) in [6.07, 6.45) is 3.42. The van der Waals surface area contributed by atoms with Crippen molar-refractivity contribution < 1.29 is 9.53 Å². The molecule has 180 valence electrons. The van der Waals surface area contributed by atoms with Crippen molar-refractivity contribution in [1.82, 2.24) is 24.8 Å². The third kappa shape index (κ3) is 5.27. The van der Waals surface area contributed by atoms with E-state index in [4.69, 9.17) is 31.3 Å². The van der Waals surface area contributed by atoms with Gasteiger partial charge in [0.2, 0.25) is 0 Å². The highest BCUT2D eigenvalue weighted by Gasteiger charge is 2.14. The van der Waals surface area contributed by atoms with Gasteiger partial charge in [-0.15, -0.1) is 11.3 Å². The number of hydrogen-bond acceptors (Lipinski definition) is 8. The van der Waals surface area contributed by atoms with Gasteiger partial charge in [0.25, 0.3) is 5.91 Å². The minimum Gasteiger partial charge on any atom is -0.484 e. The number of benzene rings is 2. The van der Waals surface area contributed by atoms with E-state index >= 15 is 0 Å². The van der Waals surface area contributed by atoms with Gasteiger partial charge in [-0.1, -0.05) is 23.7 Å². The molecule has 0 atom stereocenters. The van der Waals surface area contributed by atoms with Crippen LogP contribution in [0.4, 0.5) is 10.9 Å². The van der Waals surface area contributed by atoms with E-state index in [2.05, 4.69) is 10.3 Å². The molecule has 2 aromatic carbocycles. The van der Waals surface area contributed by atoms with Crippen molar-refractivity contribution in [1.29, 1.82) is 0 Å². The van der Waals surface area contributed by atoms with Crippen LogP contribution in [0.3, 0.4) is 0 Å². The normalized spacial score (nSPS) is 10.9. The lowest BCUT2D eigenvalue weighted by atomic mass is 10.2. The largest absolute Gasteiger partial charge is 0.484 e. The third-order valence-corrected chi connectivity index (χ3v) is 6.33. The predicted molar refractivity (Wildman–Crippen MR) is 143 cm³/mol. The molecule has 1 amide bonds. The van der Waals surface area contributed by atoms with Gasteiger partial charge in [-0.05, 0) is 42.5 Å². The van der Waals surface area contributed by atoms with Crippen molar-refractivity contribution in [3.8, 4) is 28.4 Å². The van der Waals surface area contributed by atoms with Crippen LogP contribution < -0.4 is 10.1 Å². The van der Waals surface area contributed by atoms with E-state index in [9.17, 15) is 4.79 Å². The maximum atomic E-state index is 12.0. The Balaban J connectivity index is 1.52. The Bertz CT molecular complexity index is 1520. The molecule has 1 N–H and O–H groups in total. The van der Waals surface area contributed by atoms with Gasteiger partial charge in [0, 0.05) is 53.4 Å². The minimum atomic E-state index is -0.130. The molecule has 36 heavy (non-hydrogen) atoms. The van der Waals surface area contributed by atoms with Gasteiger partial charge in [0.15, 0.2) is 17.6 Å². The molecule has 0 aliphatic carbocycles.